The van der Waals surface area contributed by atoms with Gasteiger partial charge in [0.2, 0.25) is 0 Å². The first-order chi connectivity index (χ1) is 12.9. The molecule has 0 atom stereocenters. The maximum atomic E-state index is 12.1. The van der Waals surface area contributed by atoms with Gasteiger partial charge in [-0.15, -0.1) is 48.5 Å². The highest BCUT2D eigenvalue weighted by atomic mass is 127. The van der Waals surface area contributed by atoms with E-state index >= 15 is 0 Å². The van der Waals surface area contributed by atoms with Crippen LogP contribution >= 0.6 is 35.3 Å². The van der Waals surface area contributed by atoms with E-state index in [1.54, 1.807) is 0 Å². The highest BCUT2D eigenvalue weighted by Crippen LogP contribution is 2.25. The van der Waals surface area contributed by atoms with Gasteiger partial charge in [0.15, 0.2) is 5.96 Å². The molecule has 2 aromatic carbocycles. The molecule has 0 saturated carbocycles. The minimum atomic E-state index is -4.72. The molecular weight excluding hydrogens is 504 g/mol. The fourth-order valence-corrected chi connectivity index (χ4v) is 3.00. The zero-order valence-electron chi connectivity index (χ0n) is 14.3. The molecule has 3 aromatic rings. The molecule has 0 aliphatic heterocycles. The zero-order valence-corrected chi connectivity index (χ0v) is 17.5. The third-order valence-corrected chi connectivity index (χ3v) is 4.28. The van der Waals surface area contributed by atoms with Crippen LogP contribution in [0.3, 0.4) is 0 Å². The number of thiazole rings is 1. The molecule has 1 aromatic heterocycles. The predicted octanol–water partition coefficient (Wildman–Crippen LogP) is 5.25. The van der Waals surface area contributed by atoms with Gasteiger partial charge in [0.05, 0.1) is 12.2 Å². The van der Waals surface area contributed by atoms with Gasteiger partial charge in [-0.1, -0.05) is 30.3 Å². The molecule has 0 bridgehead atoms. The van der Waals surface area contributed by atoms with E-state index in [0.29, 0.717) is 5.69 Å². The van der Waals surface area contributed by atoms with Crippen LogP contribution < -0.4 is 15.8 Å². The molecule has 3 rings (SSSR count). The maximum Gasteiger partial charge on any atom is 0.573 e. The molecule has 0 spiro atoms. The molecule has 0 amide bonds. The number of guanidine groups is 1. The van der Waals surface area contributed by atoms with E-state index in [2.05, 4.69) is 20.0 Å². The molecule has 0 aliphatic rings. The number of benzene rings is 2. The molecule has 28 heavy (non-hydrogen) atoms. The third kappa shape index (κ3) is 6.68. The molecule has 148 valence electrons. The van der Waals surface area contributed by atoms with Crippen molar-refractivity contribution in [3.8, 4) is 16.3 Å². The minimum Gasteiger partial charge on any atom is -0.406 e. The van der Waals surface area contributed by atoms with Crippen LogP contribution in [0.2, 0.25) is 0 Å². The molecule has 0 unspecified atom stereocenters. The van der Waals surface area contributed by atoms with Crippen molar-refractivity contribution in [3.05, 3.63) is 65.7 Å². The normalized spacial score (nSPS) is 11.6. The summed E-state index contributed by atoms with van der Waals surface area (Å²) in [4.78, 5) is 8.70. The number of nitrogens with two attached hydrogens (primary N) is 1. The summed E-state index contributed by atoms with van der Waals surface area (Å²) in [7, 11) is 0. The Balaban J connectivity index is 0.00000280. The van der Waals surface area contributed by atoms with E-state index in [1.165, 1.54) is 35.6 Å². The van der Waals surface area contributed by atoms with Crippen molar-refractivity contribution in [2.75, 3.05) is 5.32 Å². The standard InChI is InChI=1S/C18H15F3N4OS.HI/c19-18(20,21)26-15-8-6-13(7-9-15)25-17(22)23-10-14-11-27-16(24-14)12-4-2-1-3-5-12;/h1-9,11H,10H2,(H3,22,23,25);1H. The first kappa shape index (κ1) is 22.0. The molecule has 0 saturated heterocycles. The lowest BCUT2D eigenvalue weighted by Gasteiger charge is -2.10. The highest BCUT2D eigenvalue weighted by Gasteiger charge is 2.30. The number of alkyl halides is 3. The molecule has 0 aliphatic carbocycles. The van der Waals surface area contributed by atoms with Gasteiger partial charge in [0.1, 0.15) is 10.8 Å². The lowest BCUT2D eigenvalue weighted by molar-refractivity contribution is -0.274. The van der Waals surface area contributed by atoms with Crippen LogP contribution in [0.5, 0.6) is 5.75 Å². The first-order valence-electron chi connectivity index (χ1n) is 7.82. The fourth-order valence-electron chi connectivity index (χ4n) is 2.19. The van der Waals surface area contributed by atoms with Crippen LogP contribution in [0.4, 0.5) is 18.9 Å². The van der Waals surface area contributed by atoms with E-state index in [0.717, 1.165) is 16.3 Å². The van der Waals surface area contributed by atoms with Gasteiger partial charge < -0.3 is 15.8 Å². The van der Waals surface area contributed by atoms with Crippen LogP contribution in [-0.4, -0.2) is 17.3 Å². The molecule has 10 heteroatoms. The number of anilines is 1. The fraction of sp³-hybridized carbons (Fsp3) is 0.111. The Bertz CT molecular complexity index is 915. The lowest BCUT2D eigenvalue weighted by atomic mass is 10.2. The molecule has 1 heterocycles. The highest BCUT2D eigenvalue weighted by molar-refractivity contribution is 14.0. The van der Waals surface area contributed by atoms with Gasteiger partial charge in [-0.3, -0.25) is 0 Å². The van der Waals surface area contributed by atoms with Crippen molar-refractivity contribution in [1.82, 2.24) is 4.98 Å². The number of ether oxygens (including phenoxy) is 1. The van der Waals surface area contributed by atoms with Gasteiger partial charge in [0.25, 0.3) is 0 Å². The molecular formula is C18H16F3IN4OS. The summed E-state index contributed by atoms with van der Waals surface area (Å²) in [6, 6.07) is 15.0. The summed E-state index contributed by atoms with van der Waals surface area (Å²) in [5.41, 5.74) is 8.12. The number of hydrogen-bond acceptors (Lipinski definition) is 4. The second-order valence-electron chi connectivity index (χ2n) is 5.41. The third-order valence-electron chi connectivity index (χ3n) is 3.34. The Labute approximate surface area is 180 Å². The number of nitrogens with zero attached hydrogens (tertiary/aromatic N) is 2. The second-order valence-corrected chi connectivity index (χ2v) is 6.27. The van der Waals surface area contributed by atoms with E-state index in [-0.39, 0.29) is 42.2 Å². The van der Waals surface area contributed by atoms with Crippen molar-refractivity contribution in [3.63, 3.8) is 0 Å². The maximum absolute atomic E-state index is 12.1. The summed E-state index contributed by atoms with van der Waals surface area (Å²) in [6.07, 6.45) is -4.72. The predicted molar refractivity (Wildman–Crippen MR) is 115 cm³/mol. The first-order valence-corrected chi connectivity index (χ1v) is 8.69. The van der Waals surface area contributed by atoms with E-state index < -0.39 is 6.36 Å². The van der Waals surface area contributed by atoms with Crippen molar-refractivity contribution >= 4 is 47.0 Å². The van der Waals surface area contributed by atoms with E-state index in [1.807, 2.05) is 35.7 Å². The largest absolute Gasteiger partial charge is 0.573 e. The number of hydrogen-bond donors (Lipinski definition) is 2. The van der Waals surface area contributed by atoms with Gasteiger partial charge in [-0.2, -0.15) is 0 Å². The van der Waals surface area contributed by atoms with Crippen LogP contribution in [0, 0.1) is 0 Å². The van der Waals surface area contributed by atoms with Crippen LogP contribution in [0.25, 0.3) is 10.6 Å². The van der Waals surface area contributed by atoms with Crippen molar-refractivity contribution in [1.29, 1.82) is 0 Å². The van der Waals surface area contributed by atoms with Crippen LogP contribution in [0.15, 0.2) is 65.0 Å². The molecule has 0 radical (unpaired) electrons. The summed E-state index contributed by atoms with van der Waals surface area (Å²) >= 11 is 1.52. The van der Waals surface area contributed by atoms with Gasteiger partial charge in [-0.05, 0) is 24.3 Å². The summed E-state index contributed by atoms with van der Waals surface area (Å²) in [6.45, 7) is 0.289. The Kier molecular flexibility index (Phi) is 7.63. The number of halogens is 4. The topological polar surface area (TPSA) is 72.5 Å². The summed E-state index contributed by atoms with van der Waals surface area (Å²) < 4.78 is 40.2. The number of nitrogens with one attached hydrogen (secondary N) is 1. The van der Waals surface area contributed by atoms with Crippen molar-refractivity contribution in [2.24, 2.45) is 10.7 Å². The van der Waals surface area contributed by atoms with Gasteiger partial charge in [0, 0.05) is 16.6 Å². The Hall–Kier alpha value is -2.34. The van der Waals surface area contributed by atoms with Crippen molar-refractivity contribution in [2.45, 2.75) is 12.9 Å². The zero-order chi connectivity index (χ0) is 19.3. The average molecular weight is 520 g/mol. The quantitative estimate of drug-likeness (QED) is 0.274. The summed E-state index contributed by atoms with van der Waals surface area (Å²) in [5, 5.41) is 5.61. The summed E-state index contributed by atoms with van der Waals surface area (Å²) in [5.74, 6) is -0.173. The van der Waals surface area contributed by atoms with Gasteiger partial charge >= 0.3 is 6.36 Å². The van der Waals surface area contributed by atoms with Gasteiger partial charge in [-0.25, -0.2) is 9.98 Å². The monoisotopic (exact) mass is 520 g/mol. The Morgan fingerprint density at radius 1 is 1.11 bits per heavy atom. The SMILES string of the molecule is I.NC(=NCc1csc(-c2ccccc2)n1)Nc1ccc(OC(F)(F)F)cc1. The number of aromatic nitrogens is 1. The molecule has 3 N–H and O–H groups in total. The molecule has 5 nitrogen and oxygen atoms in total. The van der Waals surface area contributed by atoms with Crippen LogP contribution in [-0.2, 0) is 6.54 Å². The number of rotatable bonds is 5. The second kappa shape index (κ2) is 9.73. The van der Waals surface area contributed by atoms with E-state index in [9.17, 15) is 13.2 Å². The Morgan fingerprint density at radius 3 is 2.43 bits per heavy atom. The van der Waals surface area contributed by atoms with Crippen molar-refractivity contribution < 1.29 is 17.9 Å². The molecule has 0 fully saturated rings. The average Bonchev–Trinajstić information content (AvgIpc) is 3.10. The minimum absolute atomic E-state index is 0. The number of aliphatic imine (C=N–C) groups is 1. The lowest BCUT2D eigenvalue weighted by Crippen LogP contribution is -2.22. The van der Waals surface area contributed by atoms with Crippen LogP contribution in [0.1, 0.15) is 5.69 Å². The van der Waals surface area contributed by atoms with E-state index in [4.69, 9.17) is 5.73 Å². The Morgan fingerprint density at radius 2 is 1.79 bits per heavy atom. The smallest absolute Gasteiger partial charge is 0.406 e.